The van der Waals surface area contributed by atoms with Gasteiger partial charge in [0.1, 0.15) is 11.6 Å². The fraction of sp³-hybridized carbons (Fsp3) is 0.258. The summed E-state index contributed by atoms with van der Waals surface area (Å²) in [5, 5.41) is 6.38. The van der Waals surface area contributed by atoms with Crippen LogP contribution in [0.3, 0.4) is 0 Å². The molecule has 2 aromatic carbocycles. The number of thiophene rings is 1. The molecule has 4 aromatic rings. The summed E-state index contributed by atoms with van der Waals surface area (Å²) in [5.74, 6) is -0.816. The summed E-state index contributed by atoms with van der Waals surface area (Å²) in [5.41, 5.74) is 11.0. The van der Waals surface area contributed by atoms with Crippen LogP contribution in [0.4, 0.5) is 8.78 Å². The molecule has 216 valence electrons. The number of fused-ring (bicyclic) bond motifs is 2. The number of ether oxygens (including phenoxy) is 1. The van der Waals surface area contributed by atoms with Gasteiger partial charge in [-0.3, -0.25) is 9.79 Å². The molecule has 0 radical (unpaired) electrons. The smallest absolute Gasteiger partial charge is 0.272 e. The van der Waals surface area contributed by atoms with E-state index in [0.717, 1.165) is 46.4 Å². The normalized spacial score (nSPS) is 16.5. The summed E-state index contributed by atoms with van der Waals surface area (Å²) in [4.78, 5) is 23.0. The second kappa shape index (κ2) is 11.8. The standard InChI is InChI=1S/C31H28ClF2N5O2S/c1-41-25-11-21(33)4-5-23(25)26-28(20(12-35)14-37-22-15-39(16-22)31(40)30(32)34)38-27(24-7-9-42-29(24)26)18-2-3-19-13-36-8-6-17(19)10-18/h2-5,7,9-12,14,22,30,36H,6,8,13,15-16,35H2,1H3. The van der Waals surface area contributed by atoms with Crippen molar-refractivity contribution in [1.82, 2.24) is 15.2 Å². The van der Waals surface area contributed by atoms with Gasteiger partial charge >= 0.3 is 0 Å². The Kier molecular flexibility index (Phi) is 7.94. The summed E-state index contributed by atoms with van der Waals surface area (Å²) in [6.45, 7) is 2.27. The summed E-state index contributed by atoms with van der Waals surface area (Å²) in [7, 11) is 1.50. The molecule has 2 aliphatic heterocycles. The lowest BCUT2D eigenvalue weighted by molar-refractivity contribution is -0.137. The number of likely N-dealkylation sites (tertiary alicyclic amines) is 1. The van der Waals surface area contributed by atoms with E-state index in [9.17, 15) is 13.6 Å². The molecule has 1 amide bonds. The Morgan fingerprint density at radius 1 is 1.26 bits per heavy atom. The molecule has 4 heterocycles. The predicted molar refractivity (Wildman–Crippen MR) is 164 cm³/mol. The van der Waals surface area contributed by atoms with Gasteiger partial charge in [-0.25, -0.2) is 13.8 Å². The van der Waals surface area contributed by atoms with Gasteiger partial charge in [-0.15, -0.1) is 11.3 Å². The van der Waals surface area contributed by atoms with Crippen LogP contribution in [-0.4, -0.2) is 60.4 Å². The largest absolute Gasteiger partial charge is 0.496 e. The minimum absolute atomic E-state index is 0.234. The number of aromatic nitrogens is 1. The van der Waals surface area contributed by atoms with Gasteiger partial charge in [0.15, 0.2) is 0 Å². The Morgan fingerprint density at radius 3 is 2.86 bits per heavy atom. The molecular formula is C31H28ClF2N5O2S. The van der Waals surface area contributed by atoms with Gasteiger partial charge in [-0.2, -0.15) is 0 Å². The number of hydrogen-bond donors (Lipinski definition) is 2. The molecule has 0 bridgehead atoms. The summed E-state index contributed by atoms with van der Waals surface area (Å²) < 4.78 is 34.0. The summed E-state index contributed by atoms with van der Waals surface area (Å²) >= 11 is 6.85. The minimum atomic E-state index is -2.07. The van der Waals surface area contributed by atoms with E-state index in [1.54, 1.807) is 23.6 Å². The number of nitrogens with one attached hydrogen (secondary N) is 1. The van der Waals surface area contributed by atoms with Crippen LogP contribution < -0.4 is 15.8 Å². The lowest BCUT2D eigenvalue weighted by atomic mass is 9.93. The zero-order valence-corrected chi connectivity index (χ0v) is 24.3. The number of benzene rings is 2. The Bertz CT molecular complexity index is 1730. The Morgan fingerprint density at radius 2 is 2.10 bits per heavy atom. The highest BCUT2D eigenvalue weighted by molar-refractivity contribution is 7.18. The maximum absolute atomic E-state index is 14.2. The molecule has 2 aliphatic rings. The molecule has 42 heavy (non-hydrogen) atoms. The van der Waals surface area contributed by atoms with E-state index in [-0.39, 0.29) is 19.1 Å². The van der Waals surface area contributed by atoms with Gasteiger partial charge in [0.05, 0.1) is 24.5 Å². The van der Waals surface area contributed by atoms with Crippen LogP contribution in [0.5, 0.6) is 5.75 Å². The Labute approximate surface area is 250 Å². The van der Waals surface area contributed by atoms with E-state index < -0.39 is 17.4 Å². The number of amides is 1. The molecule has 1 atom stereocenters. The highest BCUT2D eigenvalue weighted by Gasteiger charge is 2.33. The number of aliphatic imine (C=N–C) groups is 1. The molecule has 3 N–H and O–H groups in total. The molecule has 1 unspecified atom stereocenters. The number of halogens is 3. The fourth-order valence-electron chi connectivity index (χ4n) is 5.44. The lowest BCUT2D eigenvalue weighted by Crippen LogP contribution is -2.54. The number of rotatable bonds is 7. The number of hydrogen-bond acceptors (Lipinski definition) is 7. The first kappa shape index (κ1) is 28.3. The second-order valence-corrected chi connectivity index (χ2v) is 11.5. The first-order valence-electron chi connectivity index (χ1n) is 13.5. The van der Waals surface area contributed by atoms with Crippen molar-refractivity contribution >= 4 is 50.7 Å². The maximum Gasteiger partial charge on any atom is 0.272 e. The highest BCUT2D eigenvalue weighted by Crippen LogP contribution is 2.44. The van der Waals surface area contributed by atoms with Gasteiger partial charge in [-0.05, 0) is 53.7 Å². The minimum Gasteiger partial charge on any atom is -0.496 e. The van der Waals surface area contributed by atoms with E-state index in [2.05, 4.69) is 28.5 Å². The number of carbonyl (C=O) groups is 1. The number of pyridine rings is 1. The zero-order valence-electron chi connectivity index (χ0n) is 22.7. The molecule has 6 rings (SSSR count). The van der Waals surface area contributed by atoms with E-state index in [4.69, 9.17) is 27.1 Å². The maximum atomic E-state index is 14.2. The zero-order chi connectivity index (χ0) is 29.4. The third-order valence-corrected chi connectivity index (χ3v) is 8.76. The topological polar surface area (TPSA) is 92.8 Å². The number of carbonyl (C=O) groups excluding carboxylic acids is 1. The van der Waals surface area contributed by atoms with Gasteiger partial charge < -0.3 is 20.7 Å². The SMILES string of the molecule is COc1cc(F)ccc1-c1c(C(C=NC2CN(C(=O)C(F)Cl)C2)=CN)nc(-c2ccc3c(c2)CCNC3)c2ccsc12. The molecule has 0 aliphatic carbocycles. The quantitative estimate of drug-likeness (QED) is 0.213. The lowest BCUT2D eigenvalue weighted by Gasteiger charge is -2.36. The number of nitrogens with two attached hydrogens (primary N) is 1. The van der Waals surface area contributed by atoms with E-state index >= 15 is 0 Å². The first-order valence-corrected chi connectivity index (χ1v) is 14.8. The molecule has 1 saturated heterocycles. The number of alkyl halides is 2. The average molecular weight is 608 g/mol. The van der Waals surface area contributed by atoms with Crippen molar-refractivity contribution in [3.8, 4) is 28.1 Å². The highest BCUT2D eigenvalue weighted by atomic mass is 35.5. The van der Waals surface area contributed by atoms with Crippen LogP contribution in [-0.2, 0) is 17.8 Å². The van der Waals surface area contributed by atoms with Gasteiger partial charge in [0.2, 0.25) is 0 Å². The molecule has 7 nitrogen and oxygen atoms in total. The van der Waals surface area contributed by atoms with Crippen molar-refractivity contribution in [3.63, 3.8) is 0 Å². The first-order chi connectivity index (χ1) is 20.4. The van der Waals surface area contributed by atoms with Crippen LogP contribution in [0, 0.1) is 5.82 Å². The van der Waals surface area contributed by atoms with Crippen LogP contribution >= 0.6 is 22.9 Å². The van der Waals surface area contributed by atoms with Crippen LogP contribution in [0.15, 0.2) is 59.0 Å². The fourth-order valence-corrected chi connectivity index (χ4v) is 6.53. The van der Waals surface area contributed by atoms with Gasteiger partial charge in [-0.1, -0.05) is 23.7 Å². The molecule has 2 aromatic heterocycles. The van der Waals surface area contributed by atoms with Crippen LogP contribution in [0.2, 0.25) is 0 Å². The molecule has 0 saturated carbocycles. The molecule has 11 heteroatoms. The van der Waals surface area contributed by atoms with Crippen molar-refractivity contribution < 1.29 is 18.3 Å². The van der Waals surface area contributed by atoms with E-state index in [1.165, 1.54) is 41.5 Å². The van der Waals surface area contributed by atoms with Crippen molar-refractivity contribution in [2.75, 3.05) is 26.7 Å². The van der Waals surface area contributed by atoms with Gasteiger partial charge in [0, 0.05) is 70.5 Å². The molecule has 0 spiro atoms. The number of methoxy groups -OCH3 is 1. The van der Waals surface area contributed by atoms with Crippen molar-refractivity contribution in [1.29, 1.82) is 0 Å². The van der Waals surface area contributed by atoms with Crippen LogP contribution in [0.1, 0.15) is 16.8 Å². The van der Waals surface area contributed by atoms with Crippen LogP contribution in [0.25, 0.3) is 38.0 Å². The summed E-state index contributed by atoms with van der Waals surface area (Å²) in [6, 6.07) is 12.7. The van der Waals surface area contributed by atoms with Crippen molar-refractivity contribution in [2.45, 2.75) is 24.6 Å². The summed E-state index contributed by atoms with van der Waals surface area (Å²) in [6.07, 6.45) is 4.00. The van der Waals surface area contributed by atoms with Gasteiger partial charge in [0.25, 0.3) is 11.5 Å². The average Bonchev–Trinajstić information content (AvgIpc) is 3.47. The predicted octanol–water partition coefficient (Wildman–Crippen LogP) is 5.54. The van der Waals surface area contributed by atoms with E-state index in [1.807, 2.05) is 11.4 Å². The Balaban J connectivity index is 1.49. The molecular weight excluding hydrogens is 580 g/mol. The number of nitrogens with zero attached hydrogens (tertiary/aromatic N) is 3. The third-order valence-electron chi connectivity index (χ3n) is 7.65. The molecule has 1 fully saturated rings. The monoisotopic (exact) mass is 607 g/mol. The second-order valence-electron chi connectivity index (χ2n) is 10.2. The van der Waals surface area contributed by atoms with Crippen molar-refractivity contribution in [2.24, 2.45) is 10.7 Å². The third kappa shape index (κ3) is 5.26. The van der Waals surface area contributed by atoms with E-state index in [0.29, 0.717) is 22.6 Å². The van der Waals surface area contributed by atoms with Crippen molar-refractivity contribution in [3.05, 3.63) is 76.7 Å². The number of allylic oxidation sites excluding steroid dienone is 1. The Hall–Kier alpha value is -3.86.